The van der Waals surface area contributed by atoms with Gasteiger partial charge in [0.2, 0.25) is 0 Å². The lowest BCUT2D eigenvalue weighted by Gasteiger charge is -2.10. The molecule has 0 aliphatic heterocycles. The molecule has 0 aliphatic rings. The van der Waals surface area contributed by atoms with Crippen LogP contribution in [0.2, 0.25) is 0 Å². The largest absolute Gasteiger partial charge is 0.465 e. The molecule has 0 fully saturated rings. The predicted octanol–water partition coefficient (Wildman–Crippen LogP) is 3.65. The fourth-order valence-corrected chi connectivity index (χ4v) is 2.05. The normalized spacial score (nSPS) is 12.8. The second-order valence-corrected chi connectivity index (χ2v) is 4.81. The molecule has 98 valence electrons. The molecule has 2 heterocycles. The summed E-state index contributed by atoms with van der Waals surface area (Å²) in [6.07, 6.45) is 5.52. The molecule has 1 N–H and O–H groups in total. The topological polar surface area (TPSA) is 30.1 Å². The summed E-state index contributed by atoms with van der Waals surface area (Å²) in [7, 11) is 0. The second kappa shape index (κ2) is 5.91. The lowest BCUT2D eigenvalue weighted by atomic mass is 10.2. The summed E-state index contributed by atoms with van der Waals surface area (Å²) in [4.78, 5) is 0. The third kappa shape index (κ3) is 3.26. The Labute approximate surface area is 109 Å². The van der Waals surface area contributed by atoms with E-state index in [9.17, 15) is 0 Å². The van der Waals surface area contributed by atoms with Crippen LogP contribution in [-0.2, 0) is 13.1 Å². The number of rotatable bonds is 6. The fourth-order valence-electron chi connectivity index (χ4n) is 2.05. The van der Waals surface area contributed by atoms with Crippen LogP contribution in [0.25, 0.3) is 0 Å². The summed E-state index contributed by atoms with van der Waals surface area (Å²) in [5.74, 6) is 1.97. The minimum absolute atomic E-state index is 0.244. The van der Waals surface area contributed by atoms with E-state index in [0.29, 0.717) is 0 Å². The molecule has 1 unspecified atom stereocenters. The zero-order valence-electron chi connectivity index (χ0n) is 11.4. The summed E-state index contributed by atoms with van der Waals surface area (Å²) >= 11 is 0. The molecule has 2 aromatic heterocycles. The van der Waals surface area contributed by atoms with Crippen molar-refractivity contribution in [3.8, 4) is 0 Å². The number of nitrogens with zero attached hydrogens (tertiary/aromatic N) is 1. The van der Waals surface area contributed by atoms with Gasteiger partial charge < -0.3 is 14.3 Å². The highest BCUT2D eigenvalue weighted by Gasteiger charge is 2.08. The van der Waals surface area contributed by atoms with Crippen LogP contribution in [0.3, 0.4) is 0 Å². The van der Waals surface area contributed by atoms with Crippen LogP contribution in [0.1, 0.15) is 43.4 Å². The van der Waals surface area contributed by atoms with Gasteiger partial charge in [-0.15, -0.1) is 0 Å². The molecule has 18 heavy (non-hydrogen) atoms. The first-order chi connectivity index (χ1) is 8.69. The Morgan fingerprint density at radius 1 is 1.33 bits per heavy atom. The van der Waals surface area contributed by atoms with Gasteiger partial charge in [0.25, 0.3) is 0 Å². The molecule has 3 heteroatoms. The molecule has 0 amide bonds. The summed E-state index contributed by atoms with van der Waals surface area (Å²) in [6, 6.07) is 6.46. The Balaban J connectivity index is 1.86. The quantitative estimate of drug-likeness (QED) is 0.843. The van der Waals surface area contributed by atoms with E-state index in [4.69, 9.17) is 4.42 Å². The third-order valence-electron chi connectivity index (χ3n) is 3.09. The summed E-state index contributed by atoms with van der Waals surface area (Å²) in [5.41, 5.74) is 1.32. The fraction of sp³-hybridized carbons (Fsp3) is 0.467. The van der Waals surface area contributed by atoms with E-state index in [2.05, 4.69) is 42.2 Å². The Hall–Kier alpha value is -1.48. The molecule has 0 spiro atoms. The second-order valence-electron chi connectivity index (χ2n) is 4.81. The minimum atomic E-state index is 0.244. The van der Waals surface area contributed by atoms with Crippen molar-refractivity contribution in [3.63, 3.8) is 0 Å². The highest BCUT2D eigenvalue weighted by Crippen LogP contribution is 2.16. The van der Waals surface area contributed by atoms with E-state index in [0.717, 1.165) is 24.6 Å². The van der Waals surface area contributed by atoms with E-state index < -0.39 is 0 Å². The average molecular weight is 246 g/mol. The maximum Gasteiger partial charge on any atom is 0.120 e. The summed E-state index contributed by atoms with van der Waals surface area (Å²) in [5, 5.41) is 3.48. The Kier molecular flexibility index (Phi) is 4.26. The Morgan fingerprint density at radius 2 is 2.17 bits per heavy atom. The van der Waals surface area contributed by atoms with Crippen LogP contribution in [0, 0.1) is 6.92 Å². The van der Waals surface area contributed by atoms with Gasteiger partial charge in [0.1, 0.15) is 11.5 Å². The molecule has 0 bridgehead atoms. The molecule has 1 atom stereocenters. The molecular weight excluding hydrogens is 224 g/mol. The first kappa shape index (κ1) is 13.0. The van der Waals surface area contributed by atoms with Crippen molar-refractivity contribution in [2.24, 2.45) is 0 Å². The molecule has 0 aliphatic carbocycles. The van der Waals surface area contributed by atoms with Gasteiger partial charge in [-0.2, -0.15) is 0 Å². The van der Waals surface area contributed by atoms with Crippen molar-refractivity contribution in [2.45, 2.75) is 46.3 Å². The van der Waals surface area contributed by atoms with Gasteiger partial charge in [-0.3, -0.25) is 0 Å². The van der Waals surface area contributed by atoms with Crippen molar-refractivity contribution in [3.05, 3.63) is 47.7 Å². The molecule has 0 saturated carbocycles. The lowest BCUT2D eigenvalue weighted by Crippen LogP contribution is -2.17. The zero-order chi connectivity index (χ0) is 13.0. The standard InChI is InChI=1S/C15H22N2O/c1-4-8-17-9-7-14(11-17)10-16-13(3)15-6-5-12(2)18-15/h5-7,9,11,13,16H,4,8,10H2,1-3H3. The molecule has 2 rings (SSSR count). The Morgan fingerprint density at radius 3 is 2.83 bits per heavy atom. The monoisotopic (exact) mass is 246 g/mol. The van der Waals surface area contributed by atoms with Gasteiger partial charge in [-0.25, -0.2) is 0 Å². The van der Waals surface area contributed by atoms with E-state index in [1.807, 2.05) is 19.1 Å². The summed E-state index contributed by atoms with van der Waals surface area (Å²) in [6.45, 7) is 8.26. The molecule has 3 nitrogen and oxygen atoms in total. The van der Waals surface area contributed by atoms with Gasteiger partial charge in [0.15, 0.2) is 0 Å². The van der Waals surface area contributed by atoms with Gasteiger partial charge >= 0.3 is 0 Å². The summed E-state index contributed by atoms with van der Waals surface area (Å²) < 4.78 is 7.84. The highest BCUT2D eigenvalue weighted by atomic mass is 16.3. The molecule has 0 radical (unpaired) electrons. The maximum absolute atomic E-state index is 5.61. The van der Waals surface area contributed by atoms with Crippen LogP contribution < -0.4 is 5.32 Å². The number of hydrogen-bond donors (Lipinski definition) is 1. The van der Waals surface area contributed by atoms with Crippen LogP contribution in [0.5, 0.6) is 0 Å². The van der Waals surface area contributed by atoms with Crippen molar-refractivity contribution < 1.29 is 4.42 Å². The van der Waals surface area contributed by atoms with Crippen molar-refractivity contribution in [1.82, 2.24) is 9.88 Å². The first-order valence-electron chi connectivity index (χ1n) is 6.63. The smallest absolute Gasteiger partial charge is 0.120 e. The van der Waals surface area contributed by atoms with Crippen LogP contribution in [-0.4, -0.2) is 4.57 Å². The van der Waals surface area contributed by atoms with Gasteiger partial charge in [-0.05, 0) is 44.0 Å². The SMILES string of the molecule is CCCn1ccc(CNC(C)c2ccc(C)o2)c1. The number of furan rings is 1. The first-order valence-corrected chi connectivity index (χ1v) is 6.63. The molecule has 2 aromatic rings. The van der Waals surface area contributed by atoms with E-state index in [1.165, 1.54) is 12.0 Å². The maximum atomic E-state index is 5.61. The average Bonchev–Trinajstić information content (AvgIpc) is 2.96. The molecule has 0 saturated heterocycles. The van der Waals surface area contributed by atoms with Crippen molar-refractivity contribution in [1.29, 1.82) is 0 Å². The van der Waals surface area contributed by atoms with Gasteiger partial charge in [-0.1, -0.05) is 6.92 Å². The van der Waals surface area contributed by atoms with Crippen molar-refractivity contribution in [2.75, 3.05) is 0 Å². The van der Waals surface area contributed by atoms with Crippen LogP contribution >= 0.6 is 0 Å². The zero-order valence-corrected chi connectivity index (χ0v) is 11.4. The predicted molar refractivity (Wildman–Crippen MR) is 73.4 cm³/mol. The highest BCUT2D eigenvalue weighted by molar-refractivity contribution is 5.12. The Bertz CT molecular complexity index is 484. The number of nitrogens with one attached hydrogen (secondary N) is 1. The number of hydrogen-bond acceptors (Lipinski definition) is 2. The molecular formula is C15H22N2O. The minimum Gasteiger partial charge on any atom is -0.465 e. The van der Waals surface area contributed by atoms with Crippen LogP contribution in [0.15, 0.2) is 35.0 Å². The number of aromatic nitrogens is 1. The molecule has 0 aromatic carbocycles. The van der Waals surface area contributed by atoms with Crippen LogP contribution in [0.4, 0.5) is 0 Å². The van der Waals surface area contributed by atoms with E-state index in [1.54, 1.807) is 0 Å². The number of aryl methyl sites for hydroxylation is 2. The van der Waals surface area contributed by atoms with Gasteiger partial charge in [0, 0.05) is 25.5 Å². The van der Waals surface area contributed by atoms with E-state index >= 15 is 0 Å². The van der Waals surface area contributed by atoms with E-state index in [-0.39, 0.29) is 6.04 Å². The third-order valence-corrected chi connectivity index (χ3v) is 3.09. The van der Waals surface area contributed by atoms with Gasteiger partial charge in [0.05, 0.1) is 6.04 Å². The van der Waals surface area contributed by atoms with Crippen molar-refractivity contribution >= 4 is 0 Å². The lowest BCUT2D eigenvalue weighted by molar-refractivity contribution is 0.416.